The standard InChI is InChI=1S/C26H22ClNO4/c1-15-12-20-22(13-16(15)2)32-25(18-7-5-4-6-8-18)26(24(20)30)31-14-23(29)28-21-10-9-19(27)11-17(21)3/h4-13H,14H2,1-3H3,(H,28,29). The summed E-state index contributed by atoms with van der Waals surface area (Å²) in [4.78, 5) is 25.9. The maximum Gasteiger partial charge on any atom is 0.262 e. The van der Waals surface area contributed by atoms with Crippen molar-refractivity contribution in [2.24, 2.45) is 0 Å². The van der Waals surface area contributed by atoms with Crippen LogP contribution in [0.2, 0.25) is 5.02 Å². The first-order valence-corrected chi connectivity index (χ1v) is 10.5. The van der Waals surface area contributed by atoms with Crippen molar-refractivity contribution in [3.8, 4) is 17.1 Å². The summed E-state index contributed by atoms with van der Waals surface area (Å²) in [5.41, 5.74) is 4.29. The number of aryl methyl sites for hydroxylation is 3. The predicted molar refractivity (Wildman–Crippen MR) is 128 cm³/mol. The molecular formula is C26H22ClNO4. The fourth-order valence-corrected chi connectivity index (χ4v) is 3.66. The molecule has 32 heavy (non-hydrogen) atoms. The second kappa shape index (κ2) is 8.89. The van der Waals surface area contributed by atoms with Gasteiger partial charge in [0, 0.05) is 16.3 Å². The number of nitrogens with one attached hydrogen (secondary N) is 1. The molecule has 0 aliphatic heterocycles. The largest absolute Gasteiger partial charge is 0.476 e. The van der Waals surface area contributed by atoms with Crippen LogP contribution in [0.25, 0.3) is 22.3 Å². The van der Waals surface area contributed by atoms with E-state index in [1.54, 1.807) is 24.3 Å². The molecule has 162 valence electrons. The zero-order chi connectivity index (χ0) is 22.8. The van der Waals surface area contributed by atoms with Gasteiger partial charge in [-0.05, 0) is 67.8 Å². The highest BCUT2D eigenvalue weighted by Crippen LogP contribution is 2.31. The maximum absolute atomic E-state index is 13.3. The number of fused-ring (bicyclic) bond motifs is 1. The van der Waals surface area contributed by atoms with Gasteiger partial charge in [-0.1, -0.05) is 41.9 Å². The van der Waals surface area contributed by atoms with Crippen LogP contribution in [0.15, 0.2) is 69.9 Å². The van der Waals surface area contributed by atoms with Gasteiger partial charge in [0.15, 0.2) is 12.4 Å². The molecule has 1 heterocycles. The highest BCUT2D eigenvalue weighted by molar-refractivity contribution is 6.30. The lowest BCUT2D eigenvalue weighted by molar-refractivity contribution is -0.118. The van der Waals surface area contributed by atoms with Gasteiger partial charge in [-0.3, -0.25) is 9.59 Å². The Balaban J connectivity index is 1.70. The topological polar surface area (TPSA) is 68.5 Å². The molecule has 0 aliphatic rings. The van der Waals surface area contributed by atoms with Crippen LogP contribution in [0.3, 0.4) is 0 Å². The van der Waals surface area contributed by atoms with Crippen LogP contribution in [0.5, 0.6) is 5.75 Å². The zero-order valence-electron chi connectivity index (χ0n) is 18.0. The van der Waals surface area contributed by atoms with Crippen LogP contribution in [0, 0.1) is 20.8 Å². The molecule has 6 heteroatoms. The van der Waals surface area contributed by atoms with E-state index in [9.17, 15) is 9.59 Å². The third-order valence-corrected chi connectivity index (χ3v) is 5.55. The first kappa shape index (κ1) is 21.7. The van der Waals surface area contributed by atoms with E-state index in [1.807, 2.05) is 57.2 Å². The average Bonchev–Trinajstić information content (AvgIpc) is 2.77. The number of anilines is 1. The van der Waals surface area contributed by atoms with Crippen molar-refractivity contribution in [3.63, 3.8) is 0 Å². The van der Waals surface area contributed by atoms with E-state index in [4.69, 9.17) is 20.8 Å². The van der Waals surface area contributed by atoms with Gasteiger partial charge in [0.05, 0.1) is 5.39 Å². The van der Waals surface area contributed by atoms with E-state index in [0.717, 1.165) is 16.7 Å². The van der Waals surface area contributed by atoms with Crippen molar-refractivity contribution in [2.45, 2.75) is 20.8 Å². The van der Waals surface area contributed by atoms with Crippen molar-refractivity contribution < 1.29 is 13.9 Å². The summed E-state index contributed by atoms with van der Waals surface area (Å²) in [7, 11) is 0. The molecule has 1 N–H and O–H groups in total. The van der Waals surface area contributed by atoms with Gasteiger partial charge in [-0.25, -0.2) is 0 Å². The van der Waals surface area contributed by atoms with Crippen molar-refractivity contribution in [1.29, 1.82) is 0 Å². The molecular weight excluding hydrogens is 426 g/mol. The summed E-state index contributed by atoms with van der Waals surface area (Å²) < 4.78 is 11.9. The highest BCUT2D eigenvalue weighted by Gasteiger charge is 2.19. The molecule has 0 saturated heterocycles. The number of rotatable bonds is 5. The third-order valence-electron chi connectivity index (χ3n) is 5.31. The van der Waals surface area contributed by atoms with Crippen LogP contribution in [0.4, 0.5) is 5.69 Å². The lowest BCUT2D eigenvalue weighted by Gasteiger charge is -2.13. The number of amides is 1. The molecule has 5 nitrogen and oxygen atoms in total. The van der Waals surface area contributed by atoms with Crippen LogP contribution >= 0.6 is 11.6 Å². The summed E-state index contributed by atoms with van der Waals surface area (Å²) >= 11 is 5.97. The highest BCUT2D eigenvalue weighted by atomic mass is 35.5. The normalized spacial score (nSPS) is 10.9. The Bertz CT molecular complexity index is 1380. The van der Waals surface area contributed by atoms with E-state index >= 15 is 0 Å². The van der Waals surface area contributed by atoms with Gasteiger partial charge in [-0.2, -0.15) is 0 Å². The van der Waals surface area contributed by atoms with E-state index in [2.05, 4.69) is 5.32 Å². The van der Waals surface area contributed by atoms with Crippen LogP contribution < -0.4 is 15.5 Å². The monoisotopic (exact) mass is 447 g/mol. The molecule has 0 aliphatic carbocycles. The molecule has 0 fully saturated rings. The van der Waals surface area contributed by atoms with E-state index in [1.165, 1.54) is 0 Å². The molecule has 1 amide bonds. The van der Waals surface area contributed by atoms with E-state index in [0.29, 0.717) is 33.0 Å². The first-order chi connectivity index (χ1) is 15.3. The average molecular weight is 448 g/mol. The zero-order valence-corrected chi connectivity index (χ0v) is 18.7. The third kappa shape index (κ3) is 4.39. The van der Waals surface area contributed by atoms with Gasteiger partial charge in [0.25, 0.3) is 5.91 Å². The van der Waals surface area contributed by atoms with Gasteiger partial charge in [0.2, 0.25) is 11.2 Å². The number of carbonyl (C=O) groups excluding carboxylic acids is 1. The van der Waals surface area contributed by atoms with Crippen LogP contribution in [-0.2, 0) is 4.79 Å². The fourth-order valence-electron chi connectivity index (χ4n) is 3.44. The number of carbonyl (C=O) groups is 1. The van der Waals surface area contributed by atoms with Crippen molar-refractivity contribution in [3.05, 3.63) is 92.6 Å². The Hall–Kier alpha value is -3.57. The van der Waals surface area contributed by atoms with Gasteiger partial charge in [0.1, 0.15) is 5.58 Å². The smallest absolute Gasteiger partial charge is 0.262 e. The molecule has 0 unspecified atom stereocenters. The molecule has 3 aromatic carbocycles. The van der Waals surface area contributed by atoms with Gasteiger partial charge < -0.3 is 14.5 Å². The Morgan fingerprint density at radius 1 is 0.969 bits per heavy atom. The van der Waals surface area contributed by atoms with Crippen molar-refractivity contribution >= 4 is 34.2 Å². The molecule has 4 rings (SSSR count). The van der Waals surface area contributed by atoms with E-state index in [-0.39, 0.29) is 17.8 Å². The van der Waals surface area contributed by atoms with Crippen molar-refractivity contribution in [1.82, 2.24) is 0 Å². The minimum absolute atomic E-state index is 0.00920. The number of hydrogen-bond donors (Lipinski definition) is 1. The molecule has 0 saturated carbocycles. The second-order valence-electron chi connectivity index (χ2n) is 7.68. The van der Waals surface area contributed by atoms with Crippen LogP contribution in [-0.4, -0.2) is 12.5 Å². The number of ether oxygens (including phenoxy) is 1. The Labute approximate surface area is 190 Å². The Kier molecular flexibility index (Phi) is 6.01. The minimum atomic E-state index is -0.394. The summed E-state index contributed by atoms with van der Waals surface area (Å²) in [5.74, 6) is -0.0919. The first-order valence-electron chi connectivity index (χ1n) is 10.2. The summed E-state index contributed by atoms with van der Waals surface area (Å²) in [6.07, 6.45) is 0. The lowest BCUT2D eigenvalue weighted by atomic mass is 10.0. The minimum Gasteiger partial charge on any atom is -0.476 e. The Morgan fingerprint density at radius 2 is 1.69 bits per heavy atom. The second-order valence-corrected chi connectivity index (χ2v) is 8.12. The van der Waals surface area contributed by atoms with Crippen molar-refractivity contribution in [2.75, 3.05) is 11.9 Å². The van der Waals surface area contributed by atoms with Crippen LogP contribution in [0.1, 0.15) is 16.7 Å². The quantitative estimate of drug-likeness (QED) is 0.404. The number of hydrogen-bond acceptors (Lipinski definition) is 4. The molecule has 0 bridgehead atoms. The SMILES string of the molecule is Cc1cc2oc(-c3ccccc3)c(OCC(=O)Nc3ccc(Cl)cc3C)c(=O)c2cc1C. The molecule has 1 aromatic heterocycles. The summed E-state index contributed by atoms with van der Waals surface area (Å²) in [5, 5.41) is 3.79. The predicted octanol–water partition coefficient (Wildman–Crippen LogP) is 6.06. The van der Waals surface area contributed by atoms with Gasteiger partial charge in [-0.15, -0.1) is 0 Å². The Morgan fingerprint density at radius 3 is 2.41 bits per heavy atom. The summed E-state index contributed by atoms with van der Waals surface area (Å²) in [6.45, 7) is 5.40. The van der Waals surface area contributed by atoms with E-state index < -0.39 is 5.91 Å². The molecule has 4 aromatic rings. The maximum atomic E-state index is 13.3. The van der Waals surface area contributed by atoms with Gasteiger partial charge >= 0.3 is 0 Å². The fraction of sp³-hybridized carbons (Fsp3) is 0.154. The molecule has 0 spiro atoms. The number of benzene rings is 3. The molecule has 0 radical (unpaired) electrons. The lowest BCUT2D eigenvalue weighted by Crippen LogP contribution is -2.23. The molecule has 0 atom stereocenters. The number of halogens is 1. The summed E-state index contributed by atoms with van der Waals surface area (Å²) in [6, 6.07) is 18.0.